The number of aliphatic hydroxyl groups is 1. The minimum absolute atomic E-state index is 0.0736. The molecule has 1 heterocycles. The molecule has 6 nitrogen and oxygen atoms in total. The maximum absolute atomic E-state index is 13.3. The molecule has 0 radical (unpaired) electrons. The summed E-state index contributed by atoms with van der Waals surface area (Å²) in [6, 6.07) is 18.3. The molecule has 3 fully saturated rings. The number of β-amino-alcohol motifs (C(OH)–C–C–N with tert-alkyl or cyclic N) is 1. The Morgan fingerprint density at radius 3 is 2.58 bits per heavy atom. The topological polar surface area (TPSA) is 70.1 Å². The molecule has 2 saturated carbocycles. The molecule has 0 aromatic heterocycles. The molecule has 2 aromatic rings. The third-order valence-corrected chi connectivity index (χ3v) is 9.71. The van der Waals surface area contributed by atoms with Crippen LogP contribution in [0.15, 0.2) is 54.6 Å². The van der Waals surface area contributed by atoms with Gasteiger partial charge in [-0.15, -0.1) is 0 Å². The van der Waals surface area contributed by atoms with Crippen LogP contribution in [0.3, 0.4) is 0 Å². The number of carbonyl (C=O) groups excluding carboxylic acids is 2. The first kappa shape index (κ1) is 28.8. The van der Waals surface area contributed by atoms with Crippen LogP contribution < -0.4 is 4.74 Å². The standard InChI is InChI=1S/C34H46N2O4/c1-26(37)40-31-14-9-13-29(22-31)33-20-21-36(24-28-16-17-28)25-34(33,39)19-18-30(23-33)35(2)32(38)15-8-4-7-12-27-10-5-3-6-11-27/h3,5-6,9-11,13-14,22,28,30,39H,4,7-8,12,15-21,23-25H2,1-2H3/t30-,33-,34-/m0/s1. The first-order valence-electron chi connectivity index (χ1n) is 15.3. The summed E-state index contributed by atoms with van der Waals surface area (Å²) >= 11 is 0. The number of likely N-dealkylation sites (tertiary alicyclic amines) is 1. The van der Waals surface area contributed by atoms with Crippen LogP contribution in [0.4, 0.5) is 0 Å². The number of rotatable bonds is 11. The highest BCUT2D eigenvalue weighted by atomic mass is 16.5. The van der Waals surface area contributed by atoms with Crippen molar-refractivity contribution in [3.63, 3.8) is 0 Å². The normalized spacial score (nSPS) is 26.6. The number of carbonyl (C=O) groups is 2. The summed E-state index contributed by atoms with van der Waals surface area (Å²) in [5.74, 6) is 1.14. The van der Waals surface area contributed by atoms with Gasteiger partial charge in [0.05, 0.1) is 5.60 Å². The Kier molecular flexibility index (Phi) is 8.96. The fourth-order valence-electron chi connectivity index (χ4n) is 7.21. The zero-order valence-corrected chi connectivity index (χ0v) is 24.3. The molecule has 6 heteroatoms. The Balaban J connectivity index is 1.26. The molecule has 1 aliphatic heterocycles. The van der Waals surface area contributed by atoms with Crippen LogP contribution in [0.1, 0.15) is 82.3 Å². The Morgan fingerprint density at radius 2 is 1.82 bits per heavy atom. The lowest BCUT2D eigenvalue weighted by Gasteiger charge is -2.59. The predicted molar refractivity (Wildman–Crippen MR) is 157 cm³/mol. The molecule has 0 bridgehead atoms. The lowest BCUT2D eigenvalue weighted by Crippen LogP contribution is -2.67. The second kappa shape index (κ2) is 12.4. The van der Waals surface area contributed by atoms with Gasteiger partial charge < -0.3 is 19.6 Å². The fourth-order valence-corrected chi connectivity index (χ4v) is 7.21. The van der Waals surface area contributed by atoms with E-state index >= 15 is 0 Å². The first-order chi connectivity index (χ1) is 19.3. The van der Waals surface area contributed by atoms with Crippen molar-refractivity contribution >= 4 is 11.9 Å². The number of ether oxygens (including phenoxy) is 1. The van der Waals surface area contributed by atoms with Gasteiger partial charge in [0, 0.05) is 44.9 Å². The van der Waals surface area contributed by atoms with E-state index in [0.29, 0.717) is 25.1 Å². The van der Waals surface area contributed by atoms with Crippen molar-refractivity contribution in [3.05, 3.63) is 65.7 Å². The quantitative estimate of drug-likeness (QED) is 0.229. The molecule has 1 saturated heterocycles. The molecule has 0 unspecified atom stereocenters. The van der Waals surface area contributed by atoms with Crippen LogP contribution in [-0.4, -0.2) is 65.1 Å². The average molecular weight is 547 g/mol. The lowest BCUT2D eigenvalue weighted by molar-refractivity contribution is -0.148. The molecule has 3 aliphatic rings. The number of fused-ring (bicyclic) bond motifs is 1. The number of piperidine rings is 1. The highest BCUT2D eigenvalue weighted by Crippen LogP contribution is 2.53. The van der Waals surface area contributed by atoms with E-state index in [1.165, 1.54) is 25.3 Å². The van der Waals surface area contributed by atoms with E-state index in [0.717, 1.165) is 69.5 Å². The average Bonchev–Trinajstić information content (AvgIpc) is 3.76. The van der Waals surface area contributed by atoms with Gasteiger partial charge in [-0.2, -0.15) is 0 Å². The summed E-state index contributed by atoms with van der Waals surface area (Å²) in [5, 5.41) is 12.4. The lowest BCUT2D eigenvalue weighted by atomic mass is 9.55. The van der Waals surface area contributed by atoms with E-state index in [9.17, 15) is 14.7 Å². The van der Waals surface area contributed by atoms with Crippen molar-refractivity contribution in [2.24, 2.45) is 5.92 Å². The van der Waals surface area contributed by atoms with Crippen molar-refractivity contribution < 1.29 is 19.4 Å². The van der Waals surface area contributed by atoms with Crippen molar-refractivity contribution in [1.82, 2.24) is 9.80 Å². The number of aryl methyl sites for hydroxylation is 1. The SMILES string of the molecule is CC(=O)Oc1cccc([C@@]23CCN(CC4CC4)C[C@@]2(O)CC[C@H](N(C)C(=O)CCCCCc2ccccc2)C3)c1. The Morgan fingerprint density at radius 1 is 1.02 bits per heavy atom. The maximum Gasteiger partial charge on any atom is 0.308 e. The predicted octanol–water partition coefficient (Wildman–Crippen LogP) is 5.51. The molecule has 216 valence electrons. The Hall–Kier alpha value is -2.70. The molecule has 40 heavy (non-hydrogen) atoms. The monoisotopic (exact) mass is 546 g/mol. The van der Waals surface area contributed by atoms with Gasteiger partial charge in [-0.1, -0.05) is 48.9 Å². The number of benzene rings is 2. The van der Waals surface area contributed by atoms with Gasteiger partial charge in [0.25, 0.3) is 0 Å². The number of hydrogen-bond donors (Lipinski definition) is 1. The Labute approximate surface area is 239 Å². The summed E-state index contributed by atoms with van der Waals surface area (Å²) in [5.41, 5.74) is 1.00. The minimum Gasteiger partial charge on any atom is -0.427 e. The van der Waals surface area contributed by atoms with E-state index < -0.39 is 11.0 Å². The summed E-state index contributed by atoms with van der Waals surface area (Å²) in [6.07, 6.45) is 10.3. The highest BCUT2D eigenvalue weighted by Gasteiger charge is 2.58. The maximum atomic E-state index is 13.3. The molecule has 0 spiro atoms. The van der Waals surface area contributed by atoms with E-state index in [4.69, 9.17) is 4.74 Å². The van der Waals surface area contributed by atoms with Crippen molar-refractivity contribution in [2.45, 2.75) is 94.6 Å². The van der Waals surface area contributed by atoms with Crippen LogP contribution in [0.2, 0.25) is 0 Å². The third-order valence-electron chi connectivity index (χ3n) is 9.71. The number of amides is 1. The molecule has 1 amide bonds. The van der Waals surface area contributed by atoms with E-state index in [2.05, 4.69) is 35.2 Å². The summed E-state index contributed by atoms with van der Waals surface area (Å²) in [4.78, 5) is 29.4. The second-order valence-corrected chi connectivity index (χ2v) is 12.6. The molecule has 5 rings (SSSR count). The number of unbranched alkanes of at least 4 members (excludes halogenated alkanes) is 2. The van der Waals surface area contributed by atoms with E-state index in [1.54, 1.807) is 6.07 Å². The van der Waals surface area contributed by atoms with Gasteiger partial charge in [-0.05, 0) is 93.5 Å². The molecule has 2 aliphatic carbocycles. The fraction of sp³-hybridized carbons (Fsp3) is 0.588. The van der Waals surface area contributed by atoms with Crippen molar-refractivity contribution in [3.8, 4) is 5.75 Å². The van der Waals surface area contributed by atoms with Gasteiger partial charge >= 0.3 is 5.97 Å². The molecule has 1 N–H and O–H groups in total. The number of nitrogens with zero attached hydrogens (tertiary/aromatic N) is 2. The van der Waals surface area contributed by atoms with Gasteiger partial charge in [-0.25, -0.2) is 0 Å². The zero-order chi connectivity index (χ0) is 28.2. The molecule has 2 aromatic carbocycles. The molecule has 3 atom stereocenters. The number of esters is 1. The van der Waals surface area contributed by atoms with Crippen LogP contribution in [0.25, 0.3) is 0 Å². The summed E-state index contributed by atoms with van der Waals surface area (Å²) < 4.78 is 5.45. The van der Waals surface area contributed by atoms with Gasteiger partial charge in [-0.3, -0.25) is 9.59 Å². The van der Waals surface area contributed by atoms with Crippen LogP contribution in [0, 0.1) is 5.92 Å². The third kappa shape index (κ3) is 6.60. The number of hydrogen-bond acceptors (Lipinski definition) is 5. The van der Waals surface area contributed by atoms with Gasteiger partial charge in [0.1, 0.15) is 5.75 Å². The van der Waals surface area contributed by atoms with Crippen LogP contribution in [-0.2, 0) is 21.4 Å². The van der Waals surface area contributed by atoms with Crippen molar-refractivity contribution in [1.29, 1.82) is 0 Å². The molecular formula is C34H46N2O4. The van der Waals surface area contributed by atoms with Gasteiger partial charge in [0.15, 0.2) is 0 Å². The largest absolute Gasteiger partial charge is 0.427 e. The zero-order valence-electron chi connectivity index (χ0n) is 24.3. The summed E-state index contributed by atoms with van der Waals surface area (Å²) in [6.45, 7) is 4.07. The molecular weight excluding hydrogens is 500 g/mol. The summed E-state index contributed by atoms with van der Waals surface area (Å²) in [7, 11) is 1.95. The highest BCUT2D eigenvalue weighted by molar-refractivity contribution is 5.76. The van der Waals surface area contributed by atoms with E-state index in [1.807, 2.05) is 30.1 Å². The first-order valence-corrected chi connectivity index (χ1v) is 15.3. The minimum atomic E-state index is -0.882. The smallest absolute Gasteiger partial charge is 0.308 e. The van der Waals surface area contributed by atoms with E-state index in [-0.39, 0.29) is 17.9 Å². The van der Waals surface area contributed by atoms with Crippen LogP contribution in [0.5, 0.6) is 5.75 Å². The van der Waals surface area contributed by atoms with Gasteiger partial charge in [0.2, 0.25) is 5.91 Å². The second-order valence-electron chi connectivity index (χ2n) is 12.6. The Bertz CT molecular complexity index is 1170. The van der Waals surface area contributed by atoms with Crippen LogP contribution >= 0.6 is 0 Å². The van der Waals surface area contributed by atoms with Crippen molar-refractivity contribution in [2.75, 3.05) is 26.7 Å².